The first-order valence-corrected chi connectivity index (χ1v) is 8.76. The lowest BCUT2D eigenvalue weighted by molar-refractivity contribution is -0.112. The second-order valence-corrected chi connectivity index (χ2v) is 6.84. The van der Waals surface area contributed by atoms with Gasteiger partial charge in [-0.05, 0) is 31.2 Å². The molecule has 0 saturated heterocycles. The van der Waals surface area contributed by atoms with Crippen molar-refractivity contribution in [3.8, 4) is 5.75 Å². The topological polar surface area (TPSA) is 84.1 Å². The van der Waals surface area contributed by atoms with E-state index < -0.39 is 11.7 Å². The Kier molecular flexibility index (Phi) is 3.93. The van der Waals surface area contributed by atoms with Crippen molar-refractivity contribution >= 4 is 49.3 Å². The van der Waals surface area contributed by atoms with Gasteiger partial charge in [0.15, 0.2) is 5.13 Å². The fourth-order valence-corrected chi connectivity index (χ4v) is 3.81. The van der Waals surface area contributed by atoms with E-state index in [1.54, 1.807) is 20.1 Å². The third-order valence-corrected chi connectivity index (χ3v) is 5.08. The summed E-state index contributed by atoms with van der Waals surface area (Å²) >= 11 is 1.29. The van der Waals surface area contributed by atoms with Crippen LogP contribution < -0.4 is 10.1 Å². The van der Waals surface area contributed by atoms with Crippen LogP contribution in [0.1, 0.15) is 16.1 Å². The number of fused-ring (bicyclic) bond motifs is 2. The molecule has 4 rings (SSSR count). The Morgan fingerprint density at radius 3 is 2.81 bits per heavy atom. The van der Waals surface area contributed by atoms with Crippen LogP contribution in [0.2, 0.25) is 0 Å². The lowest BCUT2D eigenvalue weighted by atomic mass is 10.1. The summed E-state index contributed by atoms with van der Waals surface area (Å²) in [5.74, 6) is -0.579. The van der Waals surface area contributed by atoms with E-state index in [9.17, 15) is 9.59 Å². The minimum absolute atomic E-state index is 0.379. The molecule has 0 saturated carbocycles. The molecule has 0 bridgehead atoms. The molecule has 0 fully saturated rings. The molecule has 2 N–H and O–H groups in total. The number of Topliss-reactive ketones (excluding diaryl/α,β-unsaturated/α-hetero) is 1. The van der Waals surface area contributed by atoms with Crippen molar-refractivity contribution in [3.05, 3.63) is 53.7 Å². The van der Waals surface area contributed by atoms with E-state index in [2.05, 4.69) is 15.3 Å². The third-order valence-electron chi connectivity index (χ3n) is 4.14. The highest BCUT2D eigenvalue weighted by Crippen LogP contribution is 2.29. The van der Waals surface area contributed by atoms with E-state index in [0.29, 0.717) is 22.1 Å². The van der Waals surface area contributed by atoms with Crippen molar-refractivity contribution in [2.45, 2.75) is 6.92 Å². The van der Waals surface area contributed by atoms with Crippen LogP contribution in [-0.4, -0.2) is 28.8 Å². The number of ether oxygens (including phenoxy) is 1. The average molecular weight is 365 g/mol. The van der Waals surface area contributed by atoms with E-state index in [4.69, 9.17) is 4.74 Å². The minimum Gasteiger partial charge on any atom is -0.497 e. The number of carbonyl (C=O) groups excluding carboxylic acids is 2. The first-order valence-electron chi connectivity index (χ1n) is 7.94. The van der Waals surface area contributed by atoms with Gasteiger partial charge in [0.2, 0.25) is 0 Å². The monoisotopic (exact) mass is 365 g/mol. The number of para-hydroxylation sites is 1. The van der Waals surface area contributed by atoms with Crippen molar-refractivity contribution in [2.75, 3.05) is 12.4 Å². The first-order chi connectivity index (χ1) is 12.6. The number of anilines is 1. The SMILES string of the molecule is COc1ccc2nc(NC(=O)C(=O)c3c(C)[nH]c4ccccc34)sc2c1. The summed E-state index contributed by atoms with van der Waals surface area (Å²) in [5.41, 5.74) is 2.62. The highest BCUT2D eigenvalue weighted by atomic mass is 32.1. The molecule has 2 aromatic heterocycles. The number of nitrogens with zero attached hydrogens (tertiary/aromatic N) is 1. The molecule has 4 aromatic rings. The standard InChI is InChI=1S/C19H15N3O3S/c1-10-16(12-5-3-4-6-13(12)20-10)17(23)18(24)22-19-21-14-8-7-11(25-2)9-15(14)26-19/h3-9,20H,1-2H3,(H,21,22,24). The molecule has 2 heterocycles. The van der Waals surface area contributed by atoms with Crippen molar-refractivity contribution in [2.24, 2.45) is 0 Å². The number of ketones is 1. The van der Waals surface area contributed by atoms with Gasteiger partial charge in [0.25, 0.3) is 11.7 Å². The summed E-state index contributed by atoms with van der Waals surface area (Å²) in [5, 5.41) is 3.73. The Morgan fingerprint density at radius 1 is 1.19 bits per heavy atom. The van der Waals surface area contributed by atoms with E-state index in [0.717, 1.165) is 21.1 Å². The van der Waals surface area contributed by atoms with Gasteiger partial charge in [-0.3, -0.25) is 14.9 Å². The molecular weight excluding hydrogens is 350 g/mol. The Bertz CT molecular complexity index is 1160. The second-order valence-electron chi connectivity index (χ2n) is 5.81. The molecule has 130 valence electrons. The molecule has 0 unspecified atom stereocenters. The average Bonchev–Trinajstić information content (AvgIpc) is 3.19. The van der Waals surface area contributed by atoms with Gasteiger partial charge < -0.3 is 9.72 Å². The Balaban J connectivity index is 1.63. The number of aromatic amines is 1. The van der Waals surface area contributed by atoms with Crippen molar-refractivity contribution in [3.63, 3.8) is 0 Å². The van der Waals surface area contributed by atoms with E-state index >= 15 is 0 Å². The molecule has 0 aliphatic rings. The number of aromatic nitrogens is 2. The third kappa shape index (κ3) is 2.72. The van der Waals surface area contributed by atoms with Crippen LogP contribution in [0.25, 0.3) is 21.1 Å². The predicted molar refractivity (Wildman–Crippen MR) is 102 cm³/mol. The summed E-state index contributed by atoms with van der Waals surface area (Å²) < 4.78 is 6.06. The molecule has 1 amide bonds. The number of hydrogen-bond donors (Lipinski definition) is 2. The summed E-state index contributed by atoms with van der Waals surface area (Å²) in [6, 6.07) is 12.9. The molecular formula is C19H15N3O3S. The highest BCUT2D eigenvalue weighted by molar-refractivity contribution is 7.22. The summed E-state index contributed by atoms with van der Waals surface area (Å²) in [6.07, 6.45) is 0. The number of carbonyl (C=O) groups is 2. The summed E-state index contributed by atoms with van der Waals surface area (Å²) in [4.78, 5) is 32.6. The zero-order valence-electron chi connectivity index (χ0n) is 14.1. The number of rotatable bonds is 4. The van der Waals surface area contributed by atoms with Gasteiger partial charge in [-0.25, -0.2) is 4.98 Å². The van der Waals surface area contributed by atoms with E-state index in [1.165, 1.54) is 11.3 Å². The summed E-state index contributed by atoms with van der Waals surface area (Å²) in [6.45, 7) is 1.78. The van der Waals surface area contributed by atoms with Crippen molar-refractivity contribution in [1.82, 2.24) is 9.97 Å². The predicted octanol–water partition coefficient (Wildman–Crippen LogP) is 3.92. The van der Waals surface area contributed by atoms with Crippen LogP contribution in [0.3, 0.4) is 0 Å². The summed E-state index contributed by atoms with van der Waals surface area (Å²) in [7, 11) is 1.59. The zero-order valence-corrected chi connectivity index (χ0v) is 14.9. The number of aryl methyl sites for hydroxylation is 1. The van der Waals surface area contributed by atoms with Crippen molar-refractivity contribution in [1.29, 1.82) is 0 Å². The van der Waals surface area contributed by atoms with Crippen LogP contribution in [0.5, 0.6) is 5.75 Å². The Morgan fingerprint density at radius 2 is 2.00 bits per heavy atom. The van der Waals surface area contributed by atoms with Gasteiger partial charge in [-0.15, -0.1) is 0 Å². The first kappa shape index (κ1) is 16.3. The smallest absolute Gasteiger partial charge is 0.298 e. The molecule has 26 heavy (non-hydrogen) atoms. The molecule has 0 spiro atoms. The lowest BCUT2D eigenvalue weighted by Gasteiger charge is -2.01. The highest BCUT2D eigenvalue weighted by Gasteiger charge is 2.23. The quantitative estimate of drug-likeness (QED) is 0.424. The van der Waals surface area contributed by atoms with Gasteiger partial charge in [-0.2, -0.15) is 0 Å². The van der Waals surface area contributed by atoms with Gasteiger partial charge >= 0.3 is 0 Å². The number of methoxy groups -OCH3 is 1. The van der Waals surface area contributed by atoms with Crippen LogP contribution in [0, 0.1) is 6.92 Å². The maximum atomic E-state index is 12.7. The Labute approximate surface area is 152 Å². The van der Waals surface area contributed by atoms with Gasteiger partial charge in [-0.1, -0.05) is 29.5 Å². The van der Waals surface area contributed by atoms with Gasteiger partial charge in [0, 0.05) is 16.6 Å². The molecule has 6 nitrogen and oxygen atoms in total. The largest absolute Gasteiger partial charge is 0.497 e. The van der Waals surface area contributed by atoms with E-state index in [-0.39, 0.29) is 0 Å². The maximum Gasteiger partial charge on any atom is 0.298 e. The number of amides is 1. The van der Waals surface area contributed by atoms with Crippen LogP contribution in [0.15, 0.2) is 42.5 Å². The zero-order chi connectivity index (χ0) is 18.3. The molecule has 0 aliphatic heterocycles. The number of thiazole rings is 1. The van der Waals surface area contributed by atoms with Crippen molar-refractivity contribution < 1.29 is 14.3 Å². The van der Waals surface area contributed by atoms with E-state index in [1.807, 2.05) is 36.4 Å². The fraction of sp³-hybridized carbons (Fsp3) is 0.105. The maximum absolute atomic E-state index is 12.7. The molecule has 0 aliphatic carbocycles. The number of hydrogen-bond acceptors (Lipinski definition) is 5. The van der Waals surface area contributed by atoms with Crippen LogP contribution in [-0.2, 0) is 4.79 Å². The number of nitrogens with one attached hydrogen (secondary N) is 2. The molecule has 7 heteroatoms. The number of H-pyrrole nitrogens is 1. The fourth-order valence-electron chi connectivity index (χ4n) is 2.92. The second kappa shape index (κ2) is 6.27. The van der Waals surface area contributed by atoms with Crippen LogP contribution >= 0.6 is 11.3 Å². The Hall–Kier alpha value is -3.19. The molecule has 2 aromatic carbocycles. The van der Waals surface area contributed by atoms with Gasteiger partial charge in [0.1, 0.15) is 5.75 Å². The van der Waals surface area contributed by atoms with Crippen LogP contribution in [0.4, 0.5) is 5.13 Å². The van der Waals surface area contributed by atoms with Gasteiger partial charge in [0.05, 0.1) is 22.9 Å². The lowest BCUT2D eigenvalue weighted by Crippen LogP contribution is -2.23. The molecule has 0 radical (unpaired) electrons. The minimum atomic E-state index is -0.705. The molecule has 0 atom stereocenters. The number of benzene rings is 2. The normalized spacial score (nSPS) is 11.0.